The molecule has 1 aliphatic rings. The number of nitrogens with zero attached hydrogens (tertiary/aromatic N) is 2. The molecule has 3 aromatic rings. The number of carbonyl (C=O) groups excluding carboxylic acids is 3. The Hall–Kier alpha value is -4.11. The molecule has 1 N–H and O–H groups in total. The SMILES string of the molecule is C=CCOC(=O)c1sc(N2C(=O)C(=O)/C(=C(/O)c3ccc(C)c(F)c3)C2c2ccc(CC)cc2)nc1C. The van der Waals surface area contributed by atoms with Crippen molar-refractivity contribution in [1.29, 1.82) is 0 Å². The van der Waals surface area contributed by atoms with Crippen molar-refractivity contribution in [3.05, 3.63) is 99.3 Å². The van der Waals surface area contributed by atoms with Crippen LogP contribution in [0.25, 0.3) is 5.76 Å². The van der Waals surface area contributed by atoms with Crippen LogP contribution in [-0.4, -0.2) is 34.4 Å². The van der Waals surface area contributed by atoms with Gasteiger partial charge in [0.25, 0.3) is 5.78 Å². The van der Waals surface area contributed by atoms with E-state index in [0.29, 0.717) is 16.8 Å². The molecule has 0 radical (unpaired) electrons. The lowest BCUT2D eigenvalue weighted by atomic mass is 9.94. The zero-order valence-electron chi connectivity index (χ0n) is 20.6. The van der Waals surface area contributed by atoms with Gasteiger partial charge in [-0.15, -0.1) is 0 Å². The summed E-state index contributed by atoms with van der Waals surface area (Å²) >= 11 is 0.910. The summed E-state index contributed by atoms with van der Waals surface area (Å²) in [5.74, 6) is -3.54. The third-order valence-electron chi connectivity index (χ3n) is 6.10. The van der Waals surface area contributed by atoms with Crippen LogP contribution in [-0.2, 0) is 20.7 Å². The third kappa shape index (κ3) is 4.82. The van der Waals surface area contributed by atoms with Crippen molar-refractivity contribution < 1.29 is 28.6 Å². The molecule has 1 unspecified atom stereocenters. The molecule has 4 rings (SSSR count). The number of anilines is 1. The van der Waals surface area contributed by atoms with Gasteiger partial charge in [-0.3, -0.25) is 14.5 Å². The van der Waals surface area contributed by atoms with E-state index >= 15 is 0 Å². The number of Topliss-reactive ketones (excluding diaryl/α,β-unsaturated/α-hetero) is 1. The minimum absolute atomic E-state index is 0.00685. The highest BCUT2D eigenvalue weighted by Gasteiger charge is 2.48. The third-order valence-corrected chi connectivity index (χ3v) is 7.24. The predicted octanol–water partition coefficient (Wildman–Crippen LogP) is 5.43. The van der Waals surface area contributed by atoms with Gasteiger partial charge in [-0.05, 0) is 43.0 Å². The first-order chi connectivity index (χ1) is 17.7. The smallest absolute Gasteiger partial charge is 0.350 e. The summed E-state index contributed by atoms with van der Waals surface area (Å²) < 4.78 is 19.4. The Morgan fingerprint density at radius 2 is 1.92 bits per heavy atom. The number of aryl methyl sites for hydroxylation is 3. The Kier molecular flexibility index (Phi) is 7.35. The van der Waals surface area contributed by atoms with Crippen molar-refractivity contribution in [3.63, 3.8) is 0 Å². The quantitative estimate of drug-likeness (QED) is 0.147. The molecule has 190 valence electrons. The Morgan fingerprint density at radius 3 is 2.54 bits per heavy atom. The number of amides is 1. The Bertz CT molecular complexity index is 1440. The van der Waals surface area contributed by atoms with Crippen LogP contribution in [0, 0.1) is 19.7 Å². The van der Waals surface area contributed by atoms with Crippen molar-refractivity contribution in [2.24, 2.45) is 0 Å². The molecule has 0 saturated carbocycles. The van der Waals surface area contributed by atoms with E-state index in [9.17, 15) is 23.9 Å². The number of rotatable bonds is 7. The van der Waals surface area contributed by atoms with Gasteiger partial charge in [0.2, 0.25) is 0 Å². The van der Waals surface area contributed by atoms with Crippen molar-refractivity contribution in [3.8, 4) is 0 Å². The highest BCUT2D eigenvalue weighted by Crippen LogP contribution is 2.44. The van der Waals surface area contributed by atoms with E-state index in [1.807, 2.05) is 19.1 Å². The van der Waals surface area contributed by atoms with Crippen molar-refractivity contribution in [2.45, 2.75) is 33.2 Å². The molecule has 7 nitrogen and oxygen atoms in total. The monoisotopic (exact) mass is 520 g/mol. The number of aromatic nitrogens is 1. The molecular weight excluding hydrogens is 495 g/mol. The summed E-state index contributed by atoms with van der Waals surface area (Å²) in [5.41, 5.74) is 2.17. The van der Waals surface area contributed by atoms with E-state index in [2.05, 4.69) is 11.6 Å². The number of ketones is 1. The number of thiazole rings is 1. The lowest BCUT2D eigenvalue weighted by molar-refractivity contribution is -0.132. The van der Waals surface area contributed by atoms with E-state index in [0.717, 1.165) is 29.4 Å². The van der Waals surface area contributed by atoms with Crippen LogP contribution in [0.15, 0.2) is 60.7 Å². The fourth-order valence-corrected chi connectivity index (χ4v) is 5.04. The maximum absolute atomic E-state index is 14.3. The van der Waals surface area contributed by atoms with E-state index in [1.165, 1.54) is 23.1 Å². The predicted molar refractivity (Wildman–Crippen MR) is 139 cm³/mol. The average molecular weight is 521 g/mol. The lowest BCUT2D eigenvalue weighted by Gasteiger charge is -2.23. The van der Waals surface area contributed by atoms with Gasteiger partial charge in [-0.2, -0.15) is 0 Å². The summed E-state index contributed by atoms with van der Waals surface area (Å²) in [5, 5.41) is 11.3. The number of benzene rings is 2. The Morgan fingerprint density at radius 1 is 1.22 bits per heavy atom. The molecule has 1 amide bonds. The molecule has 1 aliphatic heterocycles. The first-order valence-corrected chi connectivity index (χ1v) is 12.4. The van der Waals surface area contributed by atoms with Crippen molar-refractivity contribution in [2.75, 3.05) is 11.5 Å². The Labute approximate surface area is 217 Å². The largest absolute Gasteiger partial charge is 0.507 e. The highest BCUT2D eigenvalue weighted by atomic mass is 32.1. The summed E-state index contributed by atoms with van der Waals surface area (Å²) in [4.78, 5) is 44.9. The number of aliphatic hydroxyl groups is 1. The van der Waals surface area contributed by atoms with Crippen LogP contribution in [0.3, 0.4) is 0 Å². The van der Waals surface area contributed by atoms with Crippen molar-refractivity contribution >= 4 is 39.9 Å². The maximum atomic E-state index is 14.3. The fraction of sp³-hybridized carbons (Fsp3) is 0.214. The number of hydrogen-bond donors (Lipinski definition) is 1. The van der Waals surface area contributed by atoms with Crippen molar-refractivity contribution in [1.82, 2.24) is 4.98 Å². The average Bonchev–Trinajstić information content (AvgIpc) is 3.40. The van der Waals surface area contributed by atoms with Gasteiger partial charge in [-0.1, -0.05) is 67.3 Å². The zero-order chi connectivity index (χ0) is 26.9. The lowest BCUT2D eigenvalue weighted by Crippen LogP contribution is -2.29. The molecule has 1 fully saturated rings. The minimum atomic E-state index is -1.04. The second-order valence-electron chi connectivity index (χ2n) is 8.53. The number of ether oxygens (including phenoxy) is 1. The number of hydrogen-bond acceptors (Lipinski definition) is 7. The molecule has 1 saturated heterocycles. The van der Waals surface area contributed by atoms with Crippen LogP contribution in [0.5, 0.6) is 0 Å². The molecule has 2 aromatic carbocycles. The van der Waals surface area contributed by atoms with Crippen LogP contribution in [0.4, 0.5) is 9.52 Å². The van der Waals surface area contributed by atoms with Gasteiger partial charge in [-0.25, -0.2) is 14.2 Å². The molecule has 0 bridgehead atoms. The molecule has 0 spiro atoms. The molecule has 9 heteroatoms. The van der Waals surface area contributed by atoms with E-state index in [-0.39, 0.29) is 27.8 Å². The highest BCUT2D eigenvalue weighted by molar-refractivity contribution is 7.17. The molecular formula is C28H25FN2O5S. The summed E-state index contributed by atoms with van der Waals surface area (Å²) in [6.07, 6.45) is 2.21. The maximum Gasteiger partial charge on any atom is 0.350 e. The Balaban J connectivity index is 1.89. The standard InChI is InChI=1S/C28H25FN2O5S/c1-5-13-36-27(35)25-16(4)30-28(37-25)31-22(18-11-8-17(6-2)9-12-18)21(24(33)26(31)34)23(32)19-10-7-15(3)20(29)14-19/h5,7-12,14,22,32H,1,6,13H2,2-4H3/b23-21+. The van der Waals surface area contributed by atoms with E-state index in [4.69, 9.17) is 4.74 Å². The number of esters is 1. The molecule has 1 atom stereocenters. The van der Waals surface area contributed by atoms with Gasteiger partial charge >= 0.3 is 11.9 Å². The van der Waals surface area contributed by atoms with Crippen LogP contribution in [0.1, 0.15) is 50.6 Å². The van der Waals surface area contributed by atoms with Crippen LogP contribution < -0.4 is 4.90 Å². The zero-order valence-corrected chi connectivity index (χ0v) is 21.4. The number of aliphatic hydroxyl groups excluding tert-OH is 1. The molecule has 37 heavy (non-hydrogen) atoms. The normalized spacial score (nSPS) is 16.8. The summed E-state index contributed by atoms with van der Waals surface area (Å²) in [6.45, 7) is 8.70. The molecule has 2 heterocycles. The van der Waals surface area contributed by atoms with E-state index < -0.39 is 35.3 Å². The van der Waals surface area contributed by atoms with Crippen LogP contribution in [0.2, 0.25) is 0 Å². The van der Waals surface area contributed by atoms with Gasteiger partial charge in [0.1, 0.15) is 23.1 Å². The number of carbonyl (C=O) groups is 3. The van der Waals surface area contributed by atoms with Gasteiger partial charge in [0, 0.05) is 5.56 Å². The van der Waals surface area contributed by atoms with Gasteiger partial charge in [0.15, 0.2) is 5.13 Å². The summed E-state index contributed by atoms with van der Waals surface area (Å²) in [6, 6.07) is 10.3. The number of halogens is 1. The van der Waals surface area contributed by atoms with Gasteiger partial charge < -0.3 is 9.84 Å². The first-order valence-electron chi connectivity index (χ1n) is 11.6. The second kappa shape index (κ2) is 10.5. The topological polar surface area (TPSA) is 96.8 Å². The minimum Gasteiger partial charge on any atom is -0.507 e. The van der Waals surface area contributed by atoms with Gasteiger partial charge in [0.05, 0.1) is 17.3 Å². The fourth-order valence-electron chi connectivity index (χ4n) is 4.05. The molecule has 0 aliphatic carbocycles. The molecule has 1 aromatic heterocycles. The first kappa shape index (κ1) is 26.0. The summed E-state index contributed by atoms with van der Waals surface area (Å²) in [7, 11) is 0. The van der Waals surface area contributed by atoms with Crippen LogP contribution >= 0.6 is 11.3 Å². The van der Waals surface area contributed by atoms with E-state index in [1.54, 1.807) is 26.0 Å². The second-order valence-corrected chi connectivity index (χ2v) is 9.50.